The molecular formula is C11H11BrF2N2O2. The van der Waals surface area contributed by atoms with Crippen molar-refractivity contribution in [2.45, 2.75) is 18.8 Å². The fourth-order valence-electron chi connectivity index (χ4n) is 1.93. The second-order valence-electron chi connectivity index (χ2n) is 4.24. The van der Waals surface area contributed by atoms with Crippen molar-refractivity contribution in [3.8, 4) is 0 Å². The van der Waals surface area contributed by atoms with Crippen LogP contribution in [0.4, 0.5) is 20.2 Å². The van der Waals surface area contributed by atoms with Crippen LogP contribution in [0.5, 0.6) is 0 Å². The van der Waals surface area contributed by atoms with Crippen LogP contribution in [0.25, 0.3) is 0 Å². The highest BCUT2D eigenvalue weighted by atomic mass is 79.9. The smallest absolute Gasteiger partial charge is 0.283 e. The van der Waals surface area contributed by atoms with Gasteiger partial charge in [-0.1, -0.05) is 0 Å². The Kier molecular flexibility index (Phi) is 3.52. The van der Waals surface area contributed by atoms with Gasteiger partial charge in [0, 0.05) is 37.7 Å². The van der Waals surface area contributed by atoms with Crippen LogP contribution in [0.1, 0.15) is 12.8 Å². The van der Waals surface area contributed by atoms with Gasteiger partial charge in [0.2, 0.25) is 0 Å². The summed E-state index contributed by atoms with van der Waals surface area (Å²) in [7, 11) is 0. The first-order valence-electron chi connectivity index (χ1n) is 5.46. The van der Waals surface area contributed by atoms with Crippen molar-refractivity contribution in [3.05, 3.63) is 32.8 Å². The number of alkyl halides is 2. The summed E-state index contributed by atoms with van der Waals surface area (Å²) in [5, 5.41) is 10.7. The number of nitro benzene ring substituents is 1. The van der Waals surface area contributed by atoms with E-state index in [0.29, 0.717) is 4.47 Å². The summed E-state index contributed by atoms with van der Waals surface area (Å²) in [6, 6.07) is 4.57. The minimum atomic E-state index is -2.59. The van der Waals surface area contributed by atoms with Gasteiger partial charge in [0.1, 0.15) is 0 Å². The van der Waals surface area contributed by atoms with Crippen LogP contribution in [-0.2, 0) is 0 Å². The van der Waals surface area contributed by atoms with Gasteiger partial charge in [0.25, 0.3) is 11.6 Å². The van der Waals surface area contributed by atoms with Gasteiger partial charge >= 0.3 is 0 Å². The largest absolute Gasteiger partial charge is 0.371 e. The van der Waals surface area contributed by atoms with Crippen LogP contribution in [0, 0.1) is 10.1 Å². The fraction of sp³-hybridized carbons (Fsp3) is 0.455. The first-order valence-corrected chi connectivity index (χ1v) is 6.25. The SMILES string of the molecule is O=[N+]([O-])c1ccc(N2CCC(F)(F)CC2)cc1Br. The molecule has 98 valence electrons. The standard InChI is InChI=1S/C11H11BrF2N2O2/c12-9-7-8(1-2-10(9)16(17)18)15-5-3-11(13,14)4-6-15/h1-2,7H,3-6H2. The van der Waals surface area contributed by atoms with E-state index in [0.717, 1.165) is 5.69 Å². The molecule has 0 saturated carbocycles. The third-order valence-corrected chi connectivity index (χ3v) is 3.62. The normalized spacial score (nSPS) is 18.7. The number of halogens is 3. The van der Waals surface area contributed by atoms with Gasteiger partial charge < -0.3 is 4.90 Å². The zero-order valence-electron chi connectivity index (χ0n) is 9.41. The van der Waals surface area contributed by atoms with E-state index in [1.54, 1.807) is 12.1 Å². The van der Waals surface area contributed by atoms with Crippen molar-refractivity contribution in [1.82, 2.24) is 0 Å². The molecule has 1 saturated heterocycles. The molecule has 0 bridgehead atoms. The van der Waals surface area contributed by atoms with E-state index in [1.165, 1.54) is 6.07 Å². The second-order valence-corrected chi connectivity index (χ2v) is 5.09. The quantitative estimate of drug-likeness (QED) is 0.618. The molecule has 0 aliphatic carbocycles. The molecule has 4 nitrogen and oxygen atoms in total. The average Bonchev–Trinajstić information content (AvgIpc) is 2.28. The van der Waals surface area contributed by atoms with Crippen molar-refractivity contribution < 1.29 is 13.7 Å². The minimum Gasteiger partial charge on any atom is -0.371 e. The molecule has 2 rings (SSSR count). The summed E-state index contributed by atoms with van der Waals surface area (Å²) in [6.45, 7) is 0.522. The third kappa shape index (κ3) is 2.77. The van der Waals surface area contributed by atoms with Crippen LogP contribution in [0.3, 0.4) is 0 Å². The Balaban J connectivity index is 2.16. The molecule has 0 unspecified atom stereocenters. The summed E-state index contributed by atoms with van der Waals surface area (Å²) in [5.74, 6) is -2.59. The molecule has 0 amide bonds. The molecular weight excluding hydrogens is 310 g/mol. The van der Waals surface area contributed by atoms with Gasteiger partial charge in [-0.15, -0.1) is 0 Å². The highest BCUT2D eigenvalue weighted by Gasteiger charge is 2.34. The van der Waals surface area contributed by atoms with E-state index in [4.69, 9.17) is 0 Å². The Morgan fingerprint density at radius 3 is 2.44 bits per heavy atom. The van der Waals surface area contributed by atoms with Crippen molar-refractivity contribution in [3.63, 3.8) is 0 Å². The predicted octanol–water partition coefficient (Wildman–Crippen LogP) is 3.59. The van der Waals surface area contributed by atoms with Crippen molar-refractivity contribution >= 4 is 27.3 Å². The van der Waals surface area contributed by atoms with Crippen molar-refractivity contribution in [1.29, 1.82) is 0 Å². The van der Waals surface area contributed by atoms with E-state index >= 15 is 0 Å². The summed E-state index contributed by atoms with van der Waals surface area (Å²) in [6.07, 6.45) is -0.358. The predicted molar refractivity (Wildman–Crippen MR) is 67.2 cm³/mol. The first kappa shape index (κ1) is 13.2. The lowest BCUT2D eigenvalue weighted by Gasteiger charge is -2.33. The zero-order chi connectivity index (χ0) is 13.3. The highest BCUT2D eigenvalue weighted by Crippen LogP contribution is 2.33. The maximum atomic E-state index is 13.0. The number of piperidine rings is 1. The van der Waals surface area contributed by atoms with Crippen molar-refractivity contribution in [2.24, 2.45) is 0 Å². The Morgan fingerprint density at radius 1 is 1.33 bits per heavy atom. The number of hydrogen-bond acceptors (Lipinski definition) is 3. The Labute approximate surface area is 111 Å². The Morgan fingerprint density at radius 2 is 1.94 bits per heavy atom. The van der Waals surface area contributed by atoms with E-state index in [1.807, 2.05) is 4.90 Å². The highest BCUT2D eigenvalue weighted by molar-refractivity contribution is 9.10. The topological polar surface area (TPSA) is 46.4 Å². The zero-order valence-corrected chi connectivity index (χ0v) is 11.0. The van der Waals surface area contributed by atoms with Crippen molar-refractivity contribution in [2.75, 3.05) is 18.0 Å². The lowest BCUT2D eigenvalue weighted by Crippen LogP contribution is -2.39. The second kappa shape index (κ2) is 4.79. The maximum Gasteiger partial charge on any atom is 0.283 e. The molecule has 18 heavy (non-hydrogen) atoms. The van der Waals surface area contributed by atoms with Crippen LogP contribution in [0.15, 0.2) is 22.7 Å². The number of nitrogens with zero attached hydrogens (tertiary/aromatic N) is 2. The Hall–Kier alpha value is -1.24. The van der Waals surface area contributed by atoms with E-state index in [2.05, 4.69) is 15.9 Å². The van der Waals surface area contributed by atoms with E-state index in [-0.39, 0.29) is 31.6 Å². The molecule has 7 heteroatoms. The lowest BCUT2D eigenvalue weighted by molar-refractivity contribution is -0.385. The molecule has 1 aliphatic rings. The van der Waals surface area contributed by atoms with Gasteiger partial charge in [0.15, 0.2) is 0 Å². The molecule has 0 N–H and O–H groups in total. The molecule has 0 spiro atoms. The molecule has 1 aromatic carbocycles. The molecule has 1 aromatic rings. The van der Waals surface area contributed by atoms with Gasteiger partial charge in [0.05, 0.1) is 9.40 Å². The maximum absolute atomic E-state index is 13.0. The first-order chi connectivity index (χ1) is 8.39. The summed E-state index contributed by atoms with van der Waals surface area (Å²) < 4.78 is 26.4. The Bertz CT molecular complexity index is 472. The van der Waals surface area contributed by atoms with Gasteiger partial charge in [-0.05, 0) is 28.1 Å². The molecule has 0 atom stereocenters. The van der Waals surface area contributed by atoms with Gasteiger partial charge in [-0.2, -0.15) is 0 Å². The number of benzene rings is 1. The fourth-order valence-corrected chi connectivity index (χ4v) is 2.44. The number of nitro groups is 1. The molecule has 1 heterocycles. The summed E-state index contributed by atoms with van der Waals surface area (Å²) in [4.78, 5) is 12.0. The molecule has 0 radical (unpaired) electrons. The average molecular weight is 321 g/mol. The molecule has 1 fully saturated rings. The van der Waals surface area contributed by atoms with Crippen LogP contribution in [0.2, 0.25) is 0 Å². The van der Waals surface area contributed by atoms with E-state index < -0.39 is 10.8 Å². The van der Waals surface area contributed by atoms with Crippen LogP contribution in [-0.4, -0.2) is 23.9 Å². The monoisotopic (exact) mass is 320 g/mol. The summed E-state index contributed by atoms with van der Waals surface area (Å²) in [5.41, 5.74) is 0.698. The van der Waals surface area contributed by atoms with Crippen LogP contribution < -0.4 is 4.90 Å². The summed E-state index contributed by atoms with van der Waals surface area (Å²) >= 11 is 3.12. The molecule has 1 aliphatic heterocycles. The number of rotatable bonds is 2. The van der Waals surface area contributed by atoms with E-state index in [9.17, 15) is 18.9 Å². The van der Waals surface area contributed by atoms with Gasteiger partial charge in [-0.3, -0.25) is 10.1 Å². The third-order valence-electron chi connectivity index (χ3n) is 2.99. The molecule has 0 aromatic heterocycles. The lowest BCUT2D eigenvalue weighted by atomic mass is 10.1. The van der Waals surface area contributed by atoms with Gasteiger partial charge in [-0.25, -0.2) is 8.78 Å². The number of anilines is 1. The number of hydrogen-bond donors (Lipinski definition) is 0. The minimum absolute atomic E-state index is 0.0268. The van der Waals surface area contributed by atoms with Crippen LogP contribution >= 0.6 is 15.9 Å².